The third kappa shape index (κ3) is 3.14. The second kappa shape index (κ2) is 6.06. The van der Waals surface area contributed by atoms with Gasteiger partial charge in [-0.15, -0.1) is 5.10 Å². The van der Waals surface area contributed by atoms with E-state index in [1.54, 1.807) is 6.92 Å². The second-order valence-corrected chi connectivity index (χ2v) is 5.32. The molecule has 94 valence electrons. The summed E-state index contributed by atoms with van der Waals surface area (Å²) in [5.74, 6) is -0.404. The molecule has 0 amide bonds. The van der Waals surface area contributed by atoms with Crippen LogP contribution in [-0.2, 0) is 11.2 Å². The van der Waals surface area contributed by atoms with Crippen molar-refractivity contribution in [3.63, 3.8) is 0 Å². The molecule has 18 heavy (non-hydrogen) atoms. The van der Waals surface area contributed by atoms with Crippen molar-refractivity contribution in [3.05, 3.63) is 44.9 Å². The van der Waals surface area contributed by atoms with Crippen LogP contribution in [0, 0.1) is 0 Å². The number of hydrogen-bond donors (Lipinski definition) is 0. The molecule has 0 spiro atoms. The summed E-state index contributed by atoms with van der Waals surface area (Å²) in [6.07, 6.45) is 0.638. The fourth-order valence-electron chi connectivity index (χ4n) is 1.47. The molecule has 1 aromatic carbocycles. The quantitative estimate of drug-likeness (QED) is 0.810. The second-order valence-electron chi connectivity index (χ2n) is 3.57. The van der Waals surface area contributed by atoms with Crippen LogP contribution in [0.2, 0.25) is 0 Å². The zero-order valence-electron chi connectivity index (χ0n) is 9.72. The molecule has 0 saturated heterocycles. The standard InChI is InChI=1S/C12H11BrN2O2S/c1-2-17-12(16)11-10(18-15-14-11)7-8-3-5-9(13)6-4-8/h3-6H,2,7H2,1H3. The summed E-state index contributed by atoms with van der Waals surface area (Å²) in [6.45, 7) is 2.11. The summed E-state index contributed by atoms with van der Waals surface area (Å²) in [5, 5.41) is 3.83. The van der Waals surface area contributed by atoms with Crippen LogP contribution in [-0.4, -0.2) is 22.2 Å². The lowest BCUT2D eigenvalue weighted by molar-refractivity contribution is 0.0518. The largest absolute Gasteiger partial charge is 0.461 e. The van der Waals surface area contributed by atoms with Crippen molar-refractivity contribution in [3.8, 4) is 0 Å². The predicted molar refractivity (Wildman–Crippen MR) is 72.8 cm³/mol. The Hall–Kier alpha value is -1.27. The Balaban J connectivity index is 2.17. The van der Waals surface area contributed by atoms with E-state index in [9.17, 15) is 4.79 Å². The number of hydrogen-bond acceptors (Lipinski definition) is 5. The van der Waals surface area contributed by atoms with Crippen LogP contribution in [0.1, 0.15) is 27.9 Å². The van der Waals surface area contributed by atoms with Crippen LogP contribution in [0.5, 0.6) is 0 Å². The minimum Gasteiger partial charge on any atom is -0.461 e. The Morgan fingerprint density at radius 1 is 1.39 bits per heavy atom. The smallest absolute Gasteiger partial charge is 0.360 e. The molecule has 2 aromatic rings. The number of ether oxygens (including phenoxy) is 1. The Morgan fingerprint density at radius 3 is 2.78 bits per heavy atom. The summed E-state index contributed by atoms with van der Waals surface area (Å²) in [4.78, 5) is 12.5. The van der Waals surface area contributed by atoms with Crippen molar-refractivity contribution >= 4 is 33.4 Å². The highest BCUT2D eigenvalue weighted by molar-refractivity contribution is 9.10. The maximum absolute atomic E-state index is 11.6. The lowest BCUT2D eigenvalue weighted by atomic mass is 10.1. The molecular weight excluding hydrogens is 316 g/mol. The Morgan fingerprint density at radius 2 is 2.11 bits per heavy atom. The lowest BCUT2D eigenvalue weighted by Gasteiger charge is -2.02. The number of nitrogens with zero attached hydrogens (tertiary/aromatic N) is 2. The van der Waals surface area contributed by atoms with Gasteiger partial charge in [0.2, 0.25) is 0 Å². The van der Waals surface area contributed by atoms with Crippen molar-refractivity contribution in [1.29, 1.82) is 0 Å². The molecule has 4 nitrogen and oxygen atoms in total. The Kier molecular flexibility index (Phi) is 4.43. The maximum Gasteiger partial charge on any atom is 0.360 e. The number of carbonyl (C=O) groups is 1. The molecule has 2 rings (SSSR count). The third-order valence-electron chi connectivity index (χ3n) is 2.30. The molecule has 1 heterocycles. The molecule has 0 saturated carbocycles. The van der Waals surface area contributed by atoms with Gasteiger partial charge in [-0.3, -0.25) is 0 Å². The van der Waals surface area contributed by atoms with E-state index < -0.39 is 5.97 Å². The average Bonchev–Trinajstić information content (AvgIpc) is 2.81. The van der Waals surface area contributed by atoms with Gasteiger partial charge in [-0.05, 0) is 36.2 Å². The minimum atomic E-state index is -0.404. The van der Waals surface area contributed by atoms with Gasteiger partial charge in [0, 0.05) is 10.9 Å². The van der Waals surface area contributed by atoms with E-state index in [0.717, 1.165) is 14.9 Å². The van der Waals surface area contributed by atoms with Gasteiger partial charge in [0.15, 0.2) is 5.69 Å². The van der Waals surface area contributed by atoms with E-state index in [0.29, 0.717) is 18.7 Å². The van der Waals surface area contributed by atoms with E-state index >= 15 is 0 Å². The number of carbonyl (C=O) groups excluding carboxylic acids is 1. The first kappa shape index (κ1) is 13.2. The average molecular weight is 327 g/mol. The number of rotatable bonds is 4. The summed E-state index contributed by atoms with van der Waals surface area (Å²) in [6, 6.07) is 7.93. The normalized spacial score (nSPS) is 10.3. The van der Waals surface area contributed by atoms with Crippen molar-refractivity contribution in [2.45, 2.75) is 13.3 Å². The lowest BCUT2D eigenvalue weighted by Crippen LogP contribution is -2.08. The third-order valence-corrected chi connectivity index (χ3v) is 3.55. The molecule has 0 aliphatic heterocycles. The van der Waals surface area contributed by atoms with Crippen LogP contribution in [0.4, 0.5) is 0 Å². The van der Waals surface area contributed by atoms with Crippen molar-refractivity contribution in [2.24, 2.45) is 0 Å². The van der Waals surface area contributed by atoms with Gasteiger partial charge >= 0.3 is 5.97 Å². The Bertz CT molecular complexity index is 539. The monoisotopic (exact) mass is 326 g/mol. The summed E-state index contributed by atoms with van der Waals surface area (Å²) in [5.41, 5.74) is 1.43. The number of esters is 1. The zero-order chi connectivity index (χ0) is 13.0. The van der Waals surface area contributed by atoms with Crippen molar-refractivity contribution in [1.82, 2.24) is 9.59 Å². The summed E-state index contributed by atoms with van der Waals surface area (Å²) in [7, 11) is 0. The molecule has 0 unspecified atom stereocenters. The van der Waals surface area contributed by atoms with Gasteiger partial charge in [-0.1, -0.05) is 32.6 Å². The van der Waals surface area contributed by atoms with E-state index in [1.165, 1.54) is 11.5 Å². The molecule has 0 fully saturated rings. The highest BCUT2D eigenvalue weighted by atomic mass is 79.9. The predicted octanol–water partition coefficient (Wildman–Crippen LogP) is 3.07. The van der Waals surface area contributed by atoms with E-state index in [4.69, 9.17) is 4.74 Å². The molecule has 0 radical (unpaired) electrons. The molecule has 0 aliphatic carbocycles. The van der Waals surface area contributed by atoms with Crippen LogP contribution in [0.3, 0.4) is 0 Å². The molecule has 0 bridgehead atoms. The van der Waals surface area contributed by atoms with Gasteiger partial charge in [-0.25, -0.2) is 4.79 Å². The van der Waals surface area contributed by atoms with E-state index in [2.05, 4.69) is 25.5 Å². The molecule has 0 N–H and O–H groups in total. The first-order valence-electron chi connectivity index (χ1n) is 5.43. The van der Waals surface area contributed by atoms with Gasteiger partial charge in [-0.2, -0.15) is 0 Å². The van der Waals surface area contributed by atoms with Gasteiger partial charge in [0.05, 0.1) is 11.5 Å². The van der Waals surface area contributed by atoms with Crippen molar-refractivity contribution in [2.75, 3.05) is 6.61 Å². The van der Waals surface area contributed by atoms with E-state index in [-0.39, 0.29) is 0 Å². The summed E-state index contributed by atoms with van der Waals surface area (Å²) >= 11 is 4.61. The molecule has 0 atom stereocenters. The number of benzene rings is 1. The number of halogens is 1. The zero-order valence-corrected chi connectivity index (χ0v) is 12.1. The fourth-order valence-corrected chi connectivity index (χ4v) is 2.39. The maximum atomic E-state index is 11.6. The fraction of sp³-hybridized carbons (Fsp3) is 0.250. The van der Waals surface area contributed by atoms with Crippen LogP contribution in [0.15, 0.2) is 28.7 Å². The van der Waals surface area contributed by atoms with Crippen molar-refractivity contribution < 1.29 is 9.53 Å². The van der Waals surface area contributed by atoms with Crippen LogP contribution in [0.25, 0.3) is 0 Å². The number of aromatic nitrogens is 2. The SMILES string of the molecule is CCOC(=O)c1nnsc1Cc1ccc(Br)cc1. The first-order chi connectivity index (χ1) is 8.70. The van der Waals surface area contributed by atoms with Crippen LogP contribution >= 0.6 is 27.5 Å². The van der Waals surface area contributed by atoms with Gasteiger partial charge in [0.1, 0.15) is 0 Å². The molecule has 1 aromatic heterocycles. The van der Waals surface area contributed by atoms with Gasteiger partial charge < -0.3 is 4.74 Å². The molecule has 6 heteroatoms. The topological polar surface area (TPSA) is 52.1 Å². The first-order valence-corrected chi connectivity index (χ1v) is 7.00. The summed E-state index contributed by atoms with van der Waals surface area (Å²) < 4.78 is 9.79. The highest BCUT2D eigenvalue weighted by Crippen LogP contribution is 2.19. The minimum absolute atomic E-state index is 0.324. The van der Waals surface area contributed by atoms with E-state index in [1.807, 2.05) is 24.3 Å². The highest BCUT2D eigenvalue weighted by Gasteiger charge is 2.17. The van der Waals surface area contributed by atoms with Gasteiger partial charge in [0.25, 0.3) is 0 Å². The van der Waals surface area contributed by atoms with Crippen LogP contribution < -0.4 is 0 Å². The molecular formula is C12H11BrN2O2S. The Labute approximate surface area is 117 Å². The molecule has 0 aliphatic rings.